The zero-order valence-electron chi connectivity index (χ0n) is 11.8. The van der Waals surface area contributed by atoms with Gasteiger partial charge in [-0.1, -0.05) is 0 Å². The van der Waals surface area contributed by atoms with Gasteiger partial charge in [0.1, 0.15) is 0 Å². The van der Waals surface area contributed by atoms with Crippen molar-refractivity contribution in [1.29, 1.82) is 0 Å². The van der Waals surface area contributed by atoms with E-state index in [2.05, 4.69) is 53.5 Å². The van der Waals surface area contributed by atoms with Crippen LogP contribution in [0, 0.1) is 6.92 Å². The second kappa shape index (κ2) is 6.10. The van der Waals surface area contributed by atoms with E-state index in [0.29, 0.717) is 12.1 Å². The number of nitrogens with one attached hydrogen (secondary N) is 1. The number of thiazole rings is 1. The predicted octanol–water partition coefficient (Wildman–Crippen LogP) is 0.828. The average Bonchev–Trinajstić information content (AvgIpc) is 2.75. The van der Waals surface area contributed by atoms with E-state index in [4.69, 9.17) is 0 Å². The molecule has 0 amide bonds. The van der Waals surface area contributed by atoms with E-state index >= 15 is 0 Å². The summed E-state index contributed by atoms with van der Waals surface area (Å²) in [6.45, 7) is 5.51. The highest BCUT2D eigenvalue weighted by Gasteiger charge is 2.29. The molecule has 0 bridgehead atoms. The van der Waals surface area contributed by atoms with E-state index in [1.807, 2.05) is 0 Å². The van der Waals surface area contributed by atoms with Crippen LogP contribution in [0.5, 0.6) is 0 Å². The molecule has 1 fully saturated rings. The van der Waals surface area contributed by atoms with Crippen molar-refractivity contribution in [2.45, 2.75) is 25.4 Å². The fourth-order valence-corrected chi connectivity index (χ4v) is 3.43. The molecule has 0 saturated carbocycles. The van der Waals surface area contributed by atoms with Crippen LogP contribution in [0.2, 0.25) is 0 Å². The van der Waals surface area contributed by atoms with E-state index < -0.39 is 0 Å². The zero-order chi connectivity index (χ0) is 13.1. The number of rotatable bonds is 4. The van der Waals surface area contributed by atoms with E-state index in [9.17, 15) is 0 Å². The first kappa shape index (κ1) is 13.9. The van der Waals surface area contributed by atoms with Gasteiger partial charge in [-0.15, -0.1) is 11.3 Å². The predicted molar refractivity (Wildman–Crippen MR) is 77.3 cm³/mol. The molecule has 0 radical (unpaired) electrons. The molecule has 102 valence electrons. The van der Waals surface area contributed by atoms with Crippen molar-refractivity contribution in [2.75, 3.05) is 40.8 Å². The van der Waals surface area contributed by atoms with Gasteiger partial charge < -0.3 is 10.2 Å². The van der Waals surface area contributed by atoms with Crippen LogP contribution in [0.1, 0.15) is 10.7 Å². The van der Waals surface area contributed by atoms with Crippen molar-refractivity contribution in [3.8, 4) is 0 Å². The van der Waals surface area contributed by atoms with Gasteiger partial charge in [0.15, 0.2) is 0 Å². The Morgan fingerprint density at radius 3 is 2.89 bits per heavy atom. The Kier molecular flexibility index (Phi) is 4.72. The molecule has 1 aliphatic heterocycles. The largest absolute Gasteiger partial charge is 0.315 e. The molecule has 2 unspecified atom stereocenters. The molecule has 1 aromatic heterocycles. The molecule has 1 saturated heterocycles. The maximum atomic E-state index is 4.58. The Morgan fingerprint density at radius 1 is 1.50 bits per heavy atom. The summed E-state index contributed by atoms with van der Waals surface area (Å²) >= 11 is 1.78. The van der Waals surface area contributed by atoms with E-state index in [1.165, 1.54) is 11.6 Å². The second-order valence-electron chi connectivity index (χ2n) is 5.29. The Morgan fingerprint density at radius 2 is 2.28 bits per heavy atom. The topological polar surface area (TPSA) is 31.4 Å². The molecular formula is C13H24N4S. The molecule has 0 aliphatic carbocycles. The van der Waals surface area contributed by atoms with Crippen molar-refractivity contribution in [3.63, 3.8) is 0 Å². The third-order valence-corrected chi connectivity index (χ3v) is 4.78. The van der Waals surface area contributed by atoms with Crippen LogP contribution >= 0.6 is 11.3 Å². The van der Waals surface area contributed by atoms with Crippen LogP contribution in [0.15, 0.2) is 5.38 Å². The van der Waals surface area contributed by atoms with Crippen LogP contribution in [-0.2, 0) is 6.42 Å². The van der Waals surface area contributed by atoms with Gasteiger partial charge in [0.2, 0.25) is 0 Å². The average molecular weight is 268 g/mol. The van der Waals surface area contributed by atoms with Crippen LogP contribution in [0.3, 0.4) is 0 Å². The summed E-state index contributed by atoms with van der Waals surface area (Å²) in [5.41, 5.74) is 1.14. The third kappa shape index (κ3) is 3.29. The van der Waals surface area contributed by atoms with Crippen LogP contribution in [-0.4, -0.2) is 67.6 Å². The smallest absolute Gasteiger partial charge is 0.0944 e. The summed E-state index contributed by atoms with van der Waals surface area (Å²) in [6, 6.07) is 1.04. The van der Waals surface area contributed by atoms with Crippen molar-refractivity contribution in [1.82, 2.24) is 20.1 Å². The highest BCUT2D eigenvalue weighted by Crippen LogP contribution is 2.16. The number of hydrogen-bond donors (Lipinski definition) is 1. The maximum absolute atomic E-state index is 4.58. The van der Waals surface area contributed by atoms with Crippen molar-refractivity contribution < 1.29 is 0 Å². The summed E-state index contributed by atoms with van der Waals surface area (Å²) < 4.78 is 0. The van der Waals surface area contributed by atoms with Crippen molar-refractivity contribution in [2.24, 2.45) is 0 Å². The van der Waals surface area contributed by atoms with Crippen LogP contribution in [0.4, 0.5) is 0 Å². The summed E-state index contributed by atoms with van der Waals surface area (Å²) in [6.07, 6.45) is 1.03. The first-order chi connectivity index (χ1) is 8.60. The molecule has 2 heterocycles. The van der Waals surface area contributed by atoms with Crippen LogP contribution in [0.25, 0.3) is 0 Å². The lowest BCUT2D eigenvalue weighted by Crippen LogP contribution is -2.58. The molecule has 1 aliphatic rings. The Bertz CT molecular complexity index is 379. The molecule has 2 rings (SSSR count). The van der Waals surface area contributed by atoms with Gasteiger partial charge in [0.25, 0.3) is 0 Å². The lowest BCUT2D eigenvalue weighted by atomic mass is 10.0. The highest BCUT2D eigenvalue weighted by molar-refractivity contribution is 7.09. The standard InChI is InChI=1S/C13H24N4S/c1-10-9-18-13(15-10)7-11(14-2)12-8-16(3)5-6-17(12)4/h9,11-12,14H,5-8H2,1-4H3. The van der Waals surface area contributed by atoms with E-state index in [0.717, 1.165) is 25.2 Å². The van der Waals surface area contributed by atoms with Crippen molar-refractivity contribution in [3.05, 3.63) is 16.1 Å². The quantitative estimate of drug-likeness (QED) is 0.876. The fraction of sp³-hybridized carbons (Fsp3) is 0.769. The summed E-state index contributed by atoms with van der Waals surface area (Å²) in [5, 5.41) is 6.86. The first-order valence-corrected chi connectivity index (χ1v) is 7.45. The normalized spacial score (nSPS) is 24.3. The number of aryl methyl sites for hydroxylation is 1. The summed E-state index contributed by atoms with van der Waals surface area (Å²) in [5.74, 6) is 0. The van der Waals surface area contributed by atoms with Gasteiger partial charge in [-0.25, -0.2) is 4.98 Å². The second-order valence-corrected chi connectivity index (χ2v) is 6.23. The zero-order valence-corrected chi connectivity index (χ0v) is 12.6. The Hall–Kier alpha value is -0.490. The SMILES string of the molecule is CNC(Cc1nc(C)cs1)C1CN(C)CCN1C. The number of aromatic nitrogens is 1. The highest BCUT2D eigenvalue weighted by atomic mass is 32.1. The number of likely N-dealkylation sites (N-methyl/N-ethyl adjacent to an activating group) is 3. The fourth-order valence-electron chi connectivity index (χ4n) is 2.59. The summed E-state index contributed by atoms with van der Waals surface area (Å²) in [4.78, 5) is 9.48. The molecule has 18 heavy (non-hydrogen) atoms. The minimum Gasteiger partial charge on any atom is -0.315 e. The minimum atomic E-state index is 0.475. The van der Waals surface area contributed by atoms with Gasteiger partial charge >= 0.3 is 0 Å². The summed E-state index contributed by atoms with van der Waals surface area (Å²) in [7, 11) is 6.50. The van der Waals surface area contributed by atoms with Gasteiger partial charge in [-0.05, 0) is 28.1 Å². The first-order valence-electron chi connectivity index (χ1n) is 6.57. The van der Waals surface area contributed by atoms with Gasteiger partial charge in [-0.3, -0.25) is 4.90 Å². The molecule has 4 nitrogen and oxygen atoms in total. The van der Waals surface area contributed by atoms with Gasteiger partial charge in [0, 0.05) is 49.2 Å². The monoisotopic (exact) mass is 268 g/mol. The molecule has 1 aromatic rings. The van der Waals surface area contributed by atoms with Gasteiger partial charge in [0.05, 0.1) is 5.01 Å². The number of nitrogens with zero attached hydrogens (tertiary/aromatic N) is 3. The molecule has 0 spiro atoms. The number of piperazine rings is 1. The molecule has 0 aromatic carbocycles. The molecular weight excluding hydrogens is 244 g/mol. The molecule has 2 atom stereocenters. The molecule has 5 heteroatoms. The lowest BCUT2D eigenvalue weighted by molar-refractivity contribution is 0.0897. The van der Waals surface area contributed by atoms with E-state index in [1.54, 1.807) is 11.3 Å². The third-order valence-electron chi connectivity index (χ3n) is 3.80. The Balaban J connectivity index is 2.02. The van der Waals surface area contributed by atoms with Crippen LogP contribution < -0.4 is 5.32 Å². The lowest BCUT2D eigenvalue weighted by Gasteiger charge is -2.41. The van der Waals surface area contributed by atoms with Crippen molar-refractivity contribution >= 4 is 11.3 Å². The number of hydrogen-bond acceptors (Lipinski definition) is 5. The minimum absolute atomic E-state index is 0.475. The van der Waals surface area contributed by atoms with E-state index in [-0.39, 0.29) is 0 Å². The van der Waals surface area contributed by atoms with Gasteiger partial charge in [-0.2, -0.15) is 0 Å². The molecule has 1 N–H and O–H groups in total. The maximum Gasteiger partial charge on any atom is 0.0944 e. The Labute approximate surface area is 114 Å².